The van der Waals surface area contributed by atoms with Crippen LogP contribution in [0.5, 0.6) is 0 Å². The van der Waals surface area contributed by atoms with Crippen LogP contribution < -0.4 is 14.1 Å². The molecule has 0 saturated heterocycles. The van der Waals surface area contributed by atoms with Crippen LogP contribution in [0, 0.1) is 0 Å². The summed E-state index contributed by atoms with van der Waals surface area (Å²) in [5.41, 5.74) is 0. The summed E-state index contributed by atoms with van der Waals surface area (Å²) in [7, 11) is 10.5. The number of nitrogens with zero attached hydrogens (tertiary/aromatic N) is 3. The first-order chi connectivity index (χ1) is 8.18. The van der Waals surface area contributed by atoms with Crippen LogP contribution >= 0.6 is 0 Å². The molecule has 0 amide bonds. The standard InChI is InChI=1S/C6H14N.C5H14N.C4H10N.3FH/c1-4-7(5-2)6-3;1-5-6(2,3)4;1-4-5(2)3;;;/h4H,5-6H2,1-3H3;5H2,1-4H3;4H,1-3H3;3*1H/q3*+1;;;/p-3. The van der Waals surface area contributed by atoms with Crippen LogP contribution in [-0.4, -0.2) is 80.9 Å². The van der Waals surface area contributed by atoms with E-state index in [-0.39, 0.29) is 14.1 Å². The summed E-state index contributed by atoms with van der Waals surface area (Å²) in [6.45, 7) is 14.0. The zero-order valence-electron chi connectivity index (χ0n) is 15.8. The van der Waals surface area contributed by atoms with Gasteiger partial charge in [0, 0.05) is 13.8 Å². The average Bonchev–Trinajstić information content (AvgIpc) is 2.32. The van der Waals surface area contributed by atoms with E-state index in [1.165, 1.54) is 6.54 Å². The van der Waals surface area contributed by atoms with E-state index in [4.69, 9.17) is 0 Å². The molecular formula is C15H38F3N3. The van der Waals surface area contributed by atoms with Crippen LogP contribution in [0.25, 0.3) is 0 Å². The molecule has 0 aromatic heterocycles. The summed E-state index contributed by atoms with van der Waals surface area (Å²) in [4.78, 5) is 0. The van der Waals surface area contributed by atoms with Gasteiger partial charge in [0.05, 0.1) is 27.7 Å². The molecule has 0 aromatic carbocycles. The van der Waals surface area contributed by atoms with E-state index in [0.717, 1.165) is 17.6 Å². The summed E-state index contributed by atoms with van der Waals surface area (Å²) < 4.78 is 5.32. The molecule has 0 heterocycles. The van der Waals surface area contributed by atoms with Gasteiger partial charge in [-0.3, -0.25) is 0 Å². The van der Waals surface area contributed by atoms with E-state index in [2.05, 4.69) is 59.6 Å². The predicted octanol–water partition coefficient (Wildman–Crippen LogP) is -6.80. The Morgan fingerprint density at radius 2 is 1.00 bits per heavy atom. The molecule has 0 spiro atoms. The smallest absolute Gasteiger partial charge is 0.139 e. The lowest BCUT2D eigenvalue weighted by molar-refractivity contribution is -0.868. The van der Waals surface area contributed by atoms with Gasteiger partial charge in [0.25, 0.3) is 0 Å². The molecule has 6 heteroatoms. The summed E-state index contributed by atoms with van der Waals surface area (Å²) >= 11 is 0. The van der Waals surface area contributed by atoms with Crippen LogP contribution in [0.15, 0.2) is 0 Å². The van der Waals surface area contributed by atoms with Crippen molar-refractivity contribution in [3.8, 4) is 0 Å². The third kappa shape index (κ3) is 54.8. The molecule has 0 aromatic rings. The molecule has 0 aliphatic rings. The Bertz CT molecular complexity index is 225. The van der Waals surface area contributed by atoms with Crippen molar-refractivity contribution in [1.29, 1.82) is 0 Å². The van der Waals surface area contributed by atoms with Gasteiger partial charge in [0.15, 0.2) is 0 Å². The fourth-order valence-corrected chi connectivity index (χ4v) is 0.589. The monoisotopic (exact) mass is 317 g/mol. The normalized spacial score (nSPS) is 7.90. The predicted molar refractivity (Wildman–Crippen MR) is 85.5 cm³/mol. The number of quaternary nitrogens is 1. The topological polar surface area (TPSA) is 6.02 Å². The van der Waals surface area contributed by atoms with Gasteiger partial charge in [0.1, 0.15) is 39.6 Å². The number of rotatable bonds is 3. The van der Waals surface area contributed by atoms with Gasteiger partial charge in [-0.25, -0.2) is 9.15 Å². The molecule has 0 bridgehead atoms. The highest BCUT2D eigenvalue weighted by Crippen LogP contribution is 1.83. The van der Waals surface area contributed by atoms with Gasteiger partial charge < -0.3 is 18.6 Å². The van der Waals surface area contributed by atoms with Crippen LogP contribution in [0.3, 0.4) is 0 Å². The molecule has 0 aliphatic carbocycles. The second-order valence-corrected chi connectivity index (χ2v) is 5.31. The highest BCUT2D eigenvalue weighted by Gasteiger charge is 1.97. The van der Waals surface area contributed by atoms with Crippen LogP contribution in [0.2, 0.25) is 0 Å². The van der Waals surface area contributed by atoms with Crippen LogP contribution in [0.1, 0.15) is 34.6 Å². The molecule has 0 saturated carbocycles. The van der Waals surface area contributed by atoms with Crippen molar-refractivity contribution in [3.05, 3.63) is 0 Å². The van der Waals surface area contributed by atoms with Crippen LogP contribution in [0.4, 0.5) is 0 Å². The Morgan fingerprint density at radius 1 is 0.762 bits per heavy atom. The fourth-order valence-electron chi connectivity index (χ4n) is 0.589. The van der Waals surface area contributed by atoms with E-state index in [9.17, 15) is 0 Å². The molecule has 0 fully saturated rings. The first kappa shape index (κ1) is 36.9. The molecule has 0 rings (SSSR count). The molecule has 134 valence electrons. The number of halogens is 3. The zero-order valence-corrected chi connectivity index (χ0v) is 15.8. The van der Waals surface area contributed by atoms with Gasteiger partial charge in [0.2, 0.25) is 0 Å². The zero-order chi connectivity index (χ0) is 15.2. The highest BCUT2D eigenvalue weighted by atomic mass is 19.0. The third-order valence-electron chi connectivity index (χ3n) is 2.64. The van der Waals surface area contributed by atoms with Crippen LogP contribution in [-0.2, 0) is 0 Å². The summed E-state index contributed by atoms with van der Waals surface area (Å²) in [6.07, 6.45) is 4.11. The van der Waals surface area contributed by atoms with Gasteiger partial charge in [-0.2, -0.15) is 0 Å². The maximum Gasteiger partial charge on any atom is 0.139 e. The van der Waals surface area contributed by atoms with Crippen molar-refractivity contribution in [2.45, 2.75) is 34.6 Å². The largest absolute Gasteiger partial charge is 1.00 e. The molecule has 0 N–H and O–H groups in total. The Balaban J connectivity index is -0.0000000379. The summed E-state index contributed by atoms with van der Waals surface area (Å²) in [5, 5.41) is 0. The fraction of sp³-hybridized carbons (Fsp3) is 0.867. The van der Waals surface area contributed by atoms with E-state index in [0.29, 0.717) is 0 Å². The lowest BCUT2D eigenvalue weighted by atomic mass is 10.6. The minimum Gasteiger partial charge on any atom is -1.00 e. The van der Waals surface area contributed by atoms with E-state index in [1.54, 1.807) is 0 Å². The van der Waals surface area contributed by atoms with Crippen molar-refractivity contribution in [1.82, 2.24) is 0 Å². The first-order valence-corrected chi connectivity index (χ1v) is 6.98. The van der Waals surface area contributed by atoms with Gasteiger partial charge in [-0.15, -0.1) is 0 Å². The molecular weight excluding hydrogens is 279 g/mol. The van der Waals surface area contributed by atoms with Crippen molar-refractivity contribution in [2.75, 3.05) is 54.9 Å². The number of hydrogen-bond donors (Lipinski definition) is 0. The van der Waals surface area contributed by atoms with Gasteiger partial charge >= 0.3 is 0 Å². The Hall–Kier alpha value is -0.910. The molecule has 0 aliphatic heterocycles. The van der Waals surface area contributed by atoms with E-state index < -0.39 is 0 Å². The van der Waals surface area contributed by atoms with Gasteiger partial charge in [-0.1, -0.05) is 0 Å². The maximum absolute atomic E-state index is 2.25. The minimum absolute atomic E-state index is 0. The minimum atomic E-state index is 0. The SMILES string of the molecule is CC=[N+](C)C.CC=[N+](CC)CC.CC[N+](C)(C)C.[F-].[F-].[F-]. The van der Waals surface area contributed by atoms with Crippen molar-refractivity contribution in [2.24, 2.45) is 0 Å². The summed E-state index contributed by atoms with van der Waals surface area (Å²) in [6, 6.07) is 0. The molecule has 3 nitrogen and oxygen atoms in total. The van der Waals surface area contributed by atoms with E-state index in [1.807, 2.05) is 31.8 Å². The molecule has 0 unspecified atom stereocenters. The Morgan fingerprint density at radius 3 is 1.00 bits per heavy atom. The molecule has 0 atom stereocenters. The maximum atomic E-state index is 2.25. The van der Waals surface area contributed by atoms with E-state index >= 15 is 0 Å². The number of hydrogen-bond acceptors (Lipinski definition) is 0. The first-order valence-electron chi connectivity index (χ1n) is 6.98. The molecule has 0 radical (unpaired) electrons. The molecule has 21 heavy (non-hydrogen) atoms. The second-order valence-electron chi connectivity index (χ2n) is 5.31. The lowest BCUT2D eigenvalue weighted by Gasteiger charge is -2.20. The quantitative estimate of drug-likeness (QED) is 0.277. The third-order valence-corrected chi connectivity index (χ3v) is 2.64. The van der Waals surface area contributed by atoms with Crippen molar-refractivity contribution >= 4 is 12.4 Å². The average molecular weight is 317 g/mol. The Labute approximate surface area is 130 Å². The van der Waals surface area contributed by atoms with Crippen molar-refractivity contribution in [3.63, 3.8) is 0 Å². The highest BCUT2D eigenvalue weighted by molar-refractivity contribution is 5.46. The van der Waals surface area contributed by atoms with Crippen molar-refractivity contribution < 1.29 is 27.7 Å². The second kappa shape index (κ2) is 24.1. The Kier molecular flexibility index (Phi) is 42.4. The van der Waals surface area contributed by atoms with Gasteiger partial charge in [-0.05, 0) is 20.8 Å². The summed E-state index contributed by atoms with van der Waals surface area (Å²) in [5.74, 6) is 0. The lowest BCUT2D eigenvalue weighted by Crippen LogP contribution is -3.00.